The molecule has 3 aliphatic rings. The van der Waals surface area contributed by atoms with Crippen LogP contribution in [0.2, 0.25) is 0 Å². The molecule has 0 N–H and O–H groups in total. The van der Waals surface area contributed by atoms with Crippen molar-refractivity contribution in [2.75, 3.05) is 13.2 Å². The number of carbonyl (C=O) groups excluding carboxylic acids is 1. The Kier molecular flexibility index (Phi) is 4.68. The molecular formula is C22H35NO3. The molecule has 3 rings (SSSR count). The van der Waals surface area contributed by atoms with E-state index in [4.69, 9.17) is 9.47 Å². The van der Waals surface area contributed by atoms with Gasteiger partial charge < -0.3 is 14.4 Å². The lowest BCUT2D eigenvalue weighted by Crippen LogP contribution is -2.61. The average molecular weight is 362 g/mol. The lowest BCUT2D eigenvalue weighted by Gasteiger charge is -2.47. The molecule has 1 heterocycles. The maximum atomic E-state index is 14.0. The quantitative estimate of drug-likeness (QED) is 0.731. The van der Waals surface area contributed by atoms with E-state index in [0.29, 0.717) is 25.6 Å². The van der Waals surface area contributed by atoms with Gasteiger partial charge in [0.15, 0.2) is 5.78 Å². The van der Waals surface area contributed by atoms with Gasteiger partial charge in [0.1, 0.15) is 11.1 Å². The summed E-state index contributed by atoms with van der Waals surface area (Å²) >= 11 is 0. The van der Waals surface area contributed by atoms with Gasteiger partial charge in [0.2, 0.25) is 0 Å². The fourth-order valence-corrected chi connectivity index (χ4v) is 6.08. The number of rotatable bonds is 5. The van der Waals surface area contributed by atoms with Gasteiger partial charge in [0.05, 0.1) is 6.10 Å². The molecule has 4 atom stereocenters. The Morgan fingerprint density at radius 2 is 1.69 bits per heavy atom. The van der Waals surface area contributed by atoms with Gasteiger partial charge in [-0.1, -0.05) is 32.9 Å². The number of carbonyl (C=O) groups is 1. The van der Waals surface area contributed by atoms with Gasteiger partial charge in [-0.05, 0) is 40.5 Å². The van der Waals surface area contributed by atoms with Gasteiger partial charge in [-0.25, -0.2) is 0 Å². The zero-order valence-corrected chi connectivity index (χ0v) is 17.7. The maximum Gasteiger partial charge on any atom is 0.191 e. The third-order valence-corrected chi connectivity index (χ3v) is 6.83. The number of ketones is 1. The topological polar surface area (TPSA) is 38.8 Å². The average Bonchev–Trinajstić information content (AvgIpc) is 3.02. The Morgan fingerprint density at radius 3 is 2.19 bits per heavy atom. The number of Topliss-reactive ketones (excluding diaryl/α,β-unsaturated/α-hetero) is 1. The van der Waals surface area contributed by atoms with E-state index < -0.39 is 11.1 Å². The summed E-state index contributed by atoms with van der Waals surface area (Å²) in [5.74, 6) is 0.784. The van der Waals surface area contributed by atoms with E-state index in [-0.39, 0.29) is 23.2 Å². The molecule has 0 spiro atoms. The predicted molar refractivity (Wildman–Crippen MR) is 104 cm³/mol. The SMILES string of the molecule is CCOC1CC(C)(OCC)C(=O)C2(N3C(C)=CC(C)C=C3C)C1C2(C)C. The summed E-state index contributed by atoms with van der Waals surface area (Å²) in [5, 5.41) is 0. The number of hydrogen-bond acceptors (Lipinski definition) is 4. The summed E-state index contributed by atoms with van der Waals surface area (Å²) in [7, 11) is 0. The molecule has 0 amide bonds. The lowest BCUT2D eigenvalue weighted by atomic mass is 9.77. The number of hydrogen-bond donors (Lipinski definition) is 0. The van der Waals surface area contributed by atoms with Crippen molar-refractivity contribution in [3.8, 4) is 0 Å². The molecule has 2 aliphatic carbocycles. The standard InChI is InChI=1S/C22H35NO3/c1-9-25-17-13-21(8,26-10-2)19(24)22(18(17)20(22,6)7)23-15(4)11-14(3)12-16(23)5/h11-12,14,17-18H,9-10,13H2,1-8H3. The zero-order chi connectivity index (χ0) is 19.5. The van der Waals surface area contributed by atoms with E-state index in [2.05, 4.69) is 51.7 Å². The first-order chi connectivity index (χ1) is 12.1. The van der Waals surface area contributed by atoms with Crippen LogP contribution in [0.15, 0.2) is 23.5 Å². The van der Waals surface area contributed by atoms with Crippen LogP contribution in [0.5, 0.6) is 0 Å². The van der Waals surface area contributed by atoms with Crippen LogP contribution in [0.4, 0.5) is 0 Å². The Hall–Kier alpha value is -1.13. The van der Waals surface area contributed by atoms with Gasteiger partial charge in [0.25, 0.3) is 0 Å². The monoisotopic (exact) mass is 361 g/mol. The highest BCUT2D eigenvalue weighted by Crippen LogP contribution is 2.73. The van der Waals surface area contributed by atoms with Gasteiger partial charge >= 0.3 is 0 Å². The van der Waals surface area contributed by atoms with Crippen LogP contribution >= 0.6 is 0 Å². The fraction of sp³-hybridized carbons (Fsp3) is 0.773. The molecule has 0 aromatic carbocycles. The highest BCUT2D eigenvalue weighted by Gasteiger charge is 2.84. The predicted octanol–water partition coefficient (Wildman–Crippen LogP) is 4.31. The van der Waals surface area contributed by atoms with E-state index in [1.54, 1.807) is 0 Å². The summed E-state index contributed by atoms with van der Waals surface area (Å²) in [5.41, 5.74) is 0.775. The highest BCUT2D eigenvalue weighted by molar-refractivity contribution is 6.02. The third-order valence-electron chi connectivity index (χ3n) is 6.83. The van der Waals surface area contributed by atoms with Crippen LogP contribution in [0.25, 0.3) is 0 Å². The molecule has 26 heavy (non-hydrogen) atoms. The first-order valence-electron chi connectivity index (χ1n) is 10.1. The molecule has 4 unspecified atom stereocenters. The van der Waals surface area contributed by atoms with E-state index in [1.807, 2.05) is 20.8 Å². The van der Waals surface area contributed by atoms with Crippen LogP contribution in [0.3, 0.4) is 0 Å². The minimum absolute atomic E-state index is 0.0317. The molecule has 0 bridgehead atoms. The van der Waals surface area contributed by atoms with Crippen molar-refractivity contribution in [2.45, 2.75) is 79.1 Å². The second-order valence-electron chi connectivity index (χ2n) is 8.97. The first-order valence-corrected chi connectivity index (χ1v) is 10.1. The second kappa shape index (κ2) is 6.20. The Morgan fingerprint density at radius 1 is 1.12 bits per heavy atom. The van der Waals surface area contributed by atoms with Crippen molar-refractivity contribution in [1.82, 2.24) is 4.90 Å². The van der Waals surface area contributed by atoms with Gasteiger partial charge in [-0.2, -0.15) is 0 Å². The van der Waals surface area contributed by atoms with Crippen LogP contribution in [-0.2, 0) is 14.3 Å². The van der Waals surface area contributed by atoms with E-state index in [1.165, 1.54) is 0 Å². The molecule has 1 aliphatic heterocycles. The van der Waals surface area contributed by atoms with Gasteiger partial charge in [-0.3, -0.25) is 4.79 Å². The largest absolute Gasteiger partial charge is 0.378 e. The van der Waals surface area contributed by atoms with Crippen LogP contribution < -0.4 is 0 Å². The summed E-state index contributed by atoms with van der Waals surface area (Å²) in [6.07, 6.45) is 5.18. The van der Waals surface area contributed by atoms with Crippen molar-refractivity contribution in [3.63, 3.8) is 0 Å². The fourth-order valence-electron chi connectivity index (χ4n) is 6.08. The normalized spacial score (nSPS) is 39.4. The van der Waals surface area contributed by atoms with Gasteiger partial charge in [-0.15, -0.1) is 0 Å². The van der Waals surface area contributed by atoms with E-state index >= 15 is 0 Å². The summed E-state index contributed by atoms with van der Waals surface area (Å²) in [6.45, 7) is 18.0. The van der Waals surface area contributed by atoms with Crippen LogP contribution in [-0.4, -0.2) is 41.1 Å². The summed E-state index contributed by atoms with van der Waals surface area (Å²) < 4.78 is 12.2. The number of nitrogens with zero attached hydrogens (tertiary/aromatic N) is 1. The number of fused-ring (bicyclic) bond motifs is 1. The number of allylic oxidation sites excluding steroid dienone is 4. The van der Waals surface area contributed by atoms with Crippen molar-refractivity contribution in [2.24, 2.45) is 17.3 Å². The first kappa shape index (κ1) is 19.6. The summed E-state index contributed by atoms with van der Waals surface area (Å²) in [6, 6.07) is 0. The molecule has 0 radical (unpaired) electrons. The minimum atomic E-state index is -0.803. The molecular weight excluding hydrogens is 326 g/mol. The van der Waals surface area contributed by atoms with E-state index in [9.17, 15) is 4.79 Å². The minimum Gasteiger partial charge on any atom is -0.378 e. The molecule has 0 aromatic heterocycles. The Balaban J connectivity index is 2.14. The Labute approximate surface area is 158 Å². The summed E-state index contributed by atoms with van der Waals surface area (Å²) in [4.78, 5) is 16.3. The smallest absolute Gasteiger partial charge is 0.191 e. The third kappa shape index (κ3) is 2.37. The molecule has 4 nitrogen and oxygen atoms in total. The molecule has 0 aromatic rings. The zero-order valence-electron chi connectivity index (χ0n) is 17.7. The second-order valence-corrected chi connectivity index (χ2v) is 8.97. The van der Waals surface area contributed by atoms with Gasteiger partial charge in [0, 0.05) is 42.4 Å². The number of ether oxygens (including phenoxy) is 2. The van der Waals surface area contributed by atoms with Crippen LogP contribution in [0, 0.1) is 17.3 Å². The van der Waals surface area contributed by atoms with Crippen molar-refractivity contribution < 1.29 is 14.3 Å². The molecule has 146 valence electrons. The molecule has 2 saturated carbocycles. The van der Waals surface area contributed by atoms with E-state index in [0.717, 1.165) is 11.4 Å². The van der Waals surface area contributed by atoms with Crippen molar-refractivity contribution in [1.29, 1.82) is 0 Å². The van der Waals surface area contributed by atoms with Crippen molar-refractivity contribution >= 4 is 5.78 Å². The lowest BCUT2D eigenvalue weighted by molar-refractivity contribution is -0.163. The molecule has 0 saturated heterocycles. The Bertz CT molecular complexity index is 644. The van der Waals surface area contributed by atoms with Crippen LogP contribution in [0.1, 0.15) is 61.8 Å². The van der Waals surface area contributed by atoms with Crippen molar-refractivity contribution in [3.05, 3.63) is 23.5 Å². The highest BCUT2D eigenvalue weighted by atomic mass is 16.5. The molecule has 4 heteroatoms. The molecule has 2 fully saturated rings. The maximum absolute atomic E-state index is 14.0.